The summed E-state index contributed by atoms with van der Waals surface area (Å²) in [5.74, 6) is 0.143. The summed E-state index contributed by atoms with van der Waals surface area (Å²) in [6.07, 6.45) is 8.32. The normalized spacial score (nSPS) is 20.6. The molecule has 1 aromatic heterocycles. The van der Waals surface area contributed by atoms with E-state index in [9.17, 15) is 4.79 Å². The highest BCUT2D eigenvalue weighted by Gasteiger charge is 2.20. The molecule has 0 radical (unpaired) electrons. The van der Waals surface area contributed by atoms with Crippen molar-refractivity contribution in [2.24, 2.45) is 0 Å². The van der Waals surface area contributed by atoms with Crippen LogP contribution in [0.3, 0.4) is 0 Å². The van der Waals surface area contributed by atoms with E-state index in [1.807, 2.05) is 0 Å². The van der Waals surface area contributed by atoms with Crippen molar-refractivity contribution in [3.05, 3.63) is 21.4 Å². The third-order valence-electron chi connectivity index (χ3n) is 4.14. The van der Waals surface area contributed by atoms with Crippen LogP contribution in [0.5, 0.6) is 0 Å². The van der Waals surface area contributed by atoms with Crippen LogP contribution in [0.2, 0.25) is 0 Å². The van der Waals surface area contributed by atoms with Crippen molar-refractivity contribution in [1.82, 2.24) is 10.6 Å². The van der Waals surface area contributed by atoms with Gasteiger partial charge in [-0.1, -0.05) is 6.42 Å². The second-order valence-electron chi connectivity index (χ2n) is 5.62. The van der Waals surface area contributed by atoms with E-state index < -0.39 is 0 Å². The molecule has 1 aromatic rings. The van der Waals surface area contributed by atoms with Gasteiger partial charge in [0.05, 0.1) is 4.88 Å². The molecule has 0 bridgehead atoms. The molecule has 3 nitrogen and oxygen atoms in total. The average molecular weight is 278 g/mol. The van der Waals surface area contributed by atoms with Gasteiger partial charge in [-0.3, -0.25) is 4.79 Å². The summed E-state index contributed by atoms with van der Waals surface area (Å²) in [7, 11) is 0. The predicted molar refractivity (Wildman–Crippen MR) is 78.9 cm³/mol. The van der Waals surface area contributed by atoms with Gasteiger partial charge in [-0.25, -0.2) is 0 Å². The zero-order valence-electron chi connectivity index (χ0n) is 11.3. The Balaban J connectivity index is 1.66. The zero-order valence-corrected chi connectivity index (χ0v) is 12.2. The largest absolute Gasteiger partial charge is 0.349 e. The van der Waals surface area contributed by atoms with Crippen molar-refractivity contribution >= 4 is 17.2 Å². The van der Waals surface area contributed by atoms with Crippen LogP contribution in [0, 0.1) is 0 Å². The number of carbonyl (C=O) groups excluding carboxylic acids is 1. The molecule has 1 amide bonds. The maximum atomic E-state index is 12.3. The monoisotopic (exact) mass is 278 g/mol. The van der Waals surface area contributed by atoms with E-state index in [1.165, 1.54) is 36.1 Å². The Labute approximate surface area is 118 Å². The van der Waals surface area contributed by atoms with Gasteiger partial charge in [-0.15, -0.1) is 11.3 Å². The molecule has 3 rings (SSSR count). The molecule has 1 saturated heterocycles. The number of hydrogen-bond acceptors (Lipinski definition) is 3. The number of fused-ring (bicyclic) bond motifs is 1. The van der Waals surface area contributed by atoms with E-state index in [2.05, 4.69) is 16.7 Å². The lowest BCUT2D eigenvalue weighted by atomic mass is 10.1. The molecule has 4 heteroatoms. The van der Waals surface area contributed by atoms with E-state index >= 15 is 0 Å². The van der Waals surface area contributed by atoms with Gasteiger partial charge < -0.3 is 10.6 Å². The Kier molecular flexibility index (Phi) is 4.18. The van der Waals surface area contributed by atoms with Gasteiger partial charge in [-0.2, -0.15) is 0 Å². The van der Waals surface area contributed by atoms with Crippen LogP contribution in [0.15, 0.2) is 6.07 Å². The number of hydrogen-bond donors (Lipinski definition) is 2. The molecule has 0 saturated carbocycles. The van der Waals surface area contributed by atoms with E-state index in [0.717, 1.165) is 37.2 Å². The minimum atomic E-state index is 0.143. The number of carbonyl (C=O) groups is 1. The van der Waals surface area contributed by atoms with Crippen LogP contribution >= 0.6 is 11.3 Å². The lowest BCUT2D eigenvalue weighted by Crippen LogP contribution is -2.42. The van der Waals surface area contributed by atoms with Crippen LogP contribution < -0.4 is 10.6 Å². The average Bonchev–Trinajstić information content (AvgIpc) is 2.72. The van der Waals surface area contributed by atoms with Gasteiger partial charge in [0, 0.05) is 10.9 Å². The SMILES string of the molecule is O=C(NC1CCNCC1)c1cc2c(s1)CCCCC2. The summed E-state index contributed by atoms with van der Waals surface area (Å²) in [4.78, 5) is 14.7. The van der Waals surface area contributed by atoms with Gasteiger partial charge in [-0.05, 0) is 63.2 Å². The Hall–Kier alpha value is -0.870. The Bertz CT molecular complexity index is 425. The minimum Gasteiger partial charge on any atom is -0.349 e. The fourth-order valence-corrected chi connectivity index (χ4v) is 4.16. The second kappa shape index (κ2) is 6.06. The molecule has 0 unspecified atom stereocenters. The number of rotatable bonds is 2. The highest BCUT2D eigenvalue weighted by atomic mass is 32.1. The summed E-state index contributed by atoms with van der Waals surface area (Å²) in [6, 6.07) is 2.50. The fraction of sp³-hybridized carbons (Fsp3) is 0.667. The fourth-order valence-electron chi connectivity index (χ4n) is 3.00. The summed E-state index contributed by atoms with van der Waals surface area (Å²) >= 11 is 1.72. The first kappa shape index (κ1) is 13.1. The molecule has 0 spiro atoms. The summed E-state index contributed by atoms with van der Waals surface area (Å²) in [6.45, 7) is 2.04. The molecule has 1 aliphatic heterocycles. The van der Waals surface area contributed by atoms with Crippen molar-refractivity contribution in [3.63, 3.8) is 0 Å². The number of aryl methyl sites for hydroxylation is 2. The Morgan fingerprint density at radius 3 is 2.84 bits per heavy atom. The zero-order chi connectivity index (χ0) is 13.1. The molecule has 2 heterocycles. The third-order valence-corrected chi connectivity index (χ3v) is 5.38. The summed E-state index contributed by atoms with van der Waals surface area (Å²) < 4.78 is 0. The molecule has 19 heavy (non-hydrogen) atoms. The molecule has 2 N–H and O–H groups in total. The van der Waals surface area contributed by atoms with E-state index in [4.69, 9.17) is 0 Å². The molecule has 1 aliphatic carbocycles. The molecule has 0 atom stereocenters. The van der Waals surface area contributed by atoms with Gasteiger partial charge in [0.15, 0.2) is 0 Å². The van der Waals surface area contributed by atoms with Crippen molar-refractivity contribution in [2.75, 3.05) is 13.1 Å². The van der Waals surface area contributed by atoms with Crippen molar-refractivity contribution in [2.45, 2.75) is 51.0 Å². The smallest absolute Gasteiger partial charge is 0.261 e. The van der Waals surface area contributed by atoms with Crippen molar-refractivity contribution in [1.29, 1.82) is 0 Å². The minimum absolute atomic E-state index is 0.143. The van der Waals surface area contributed by atoms with Crippen LogP contribution in [0.1, 0.15) is 52.2 Å². The molecule has 104 valence electrons. The van der Waals surface area contributed by atoms with Gasteiger partial charge in [0.1, 0.15) is 0 Å². The van der Waals surface area contributed by atoms with Gasteiger partial charge >= 0.3 is 0 Å². The number of thiophene rings is 1. The first-order chi connectivity index (χ1) is 9.33. The second-order valence-corrected chi connectivity index (χ2v) is 6.75. The first-order valence-corrected chi connectivity index (χ1v) is 8.28. The lowest BCUT2D eigenvalue weighted by molar-refractivity contribution is 0.0933. The molecule has 2 aliphatic rings. The number of nitrogens with one attached hydrogen (secondary N) is 2. The molecule has 0 aromatic carbocycles. The van der Waals surface area contributed by atoms with E-state index in [0.29, 0.717) is 6.04 Å². The van der Waals surface area contributed by atoms with Crippen molar-refractivity contribution < 1.29 is 4.79 Å². The molecular formula is C15H22N2OS. The maximum Gasteiger partial charge on any atom is 0.261 e. The first-order valence-electron chi connectivity index (χ1n) is 7.46. The number of amides is 1. The highest BCUT2D eigenvalue weighted by Crippen LogP contribution is 2.29. The topological polar surface area (TPSA) is 41.1 Å². The maximum absolute atomic E-state index is 12.3. The molecular weight excluding hydrogens is 256 g/mol. The third kappa shape index (κ3) is 3.18. The van der Waals surface area contributed by atoms with E-state index in [1.54, 1.807) is 11.3 Å². The highest BCUT2D eigenvalue weighted by molar-refractivity contribution is 7.14. The van der Waals surface area contributed by atoms with Crippen molar-refractivity contribution in [3.8, 4) is 0 Å². The Morgan fingerprint density at radius 2 is 2.00 bits per heavy atom. The van der Waals surface area contributed by atoms with Gasteiger partial charge in [0.25, 0.3) is 5.91 Å². The van der Waals surface area contributed by atoms with Crippen LogP contribution in [-0.4, -0.2) is 25.0 Å². The quantitative estimate of drug-likeness (QED) is 0.816. The lowest BCUT2D eigenvalue weighted by Gasteiger charge is -2.23. The van der Waals surface area contributed by atoms with E-state index in [-0.39, 0.29) is 5.91 Å². The predicted octanol–water partition coefficient (Wildman–Crippen LogP) is 2.50. The van der Waals surface area contributed by atoms with Crippen LogP contribution in [0.25, 0.3) is 0 Å². The number of piperidine rings is 1. The molecule has 1 fully saturated rings. The standard InChI is InChI=1S/C15H22N2OS/c18-15(17-12-6-8-16-9-7-12)14-10-11-4-2-1-3-5-13(11)19-14/h10,12,16H,1-9H2,(H,17,18). The van der Waals surface area contributed by atoms with Crippen LogP contribution in [-0.2, 0) is 12.8 Å². The van der Waals surface area contributed by atoms with Crippen LogP contribution in [0.4, 0.5) is 0 Å². The summed E-state index contributed by atoms with van der Waals surface area (Å²) in [5.41, 5.74) is 1.43. The Morgan fingerprint density at radius 1 is 1.21 bits per heavy atom. The summed E-state index contributed by atoms with van der Waals surface area (Å²) in [5, 5.41) is 6.52. The van der Waals surface area contributed by atoms with Gasteiger partial charge in [0.2, 0.25) is 0 Å².